The number of anilines is 1. The average Bonchev–Trinajstić information content (AvgIpc) is 3.20. The van der Waals surface area contributed by atoms with E-state index in [2.05, 4.69) is 10.3 Å². The van der Waals surface area contributed by atoms with E-state index in [0.29, 0.717) is 11.2 Å². The minimum absolute atomic E-state index is 0.0669. The number of benzene rings is 2. The Morgan fingerprint density at radius 1 is 1.23 bits per heavy atom. The highest BCUT2D eigenvalue weighted by Crippen LogP contribution is 2.34. The van der Waals surface area contributed by atoms with Crippen LogP contribution in [0.2, 0.25) is 0 Å². The molecule has 0 fully saturated rings. The number of hydrogen-bond donors (Lipinski definition) is 1. The lowest BCUT2D eigenvalue weighted by Crippen LogP contribution is -2.17. The fourth-order valence-corrected chi connectivity index (χ4v) is 4.16. The fraction of sp³-hybridized carbons (Fsp3) is 0.105. The van der Waals surface area contributed by atoms with E-state index < -0.39 is 39.1 Å². The molecule has 0 saturated carbocycles. The first-order chi connectivity index (χ1) is 14.6. The Balaban J connectivity index is 1.80. The van der Waals surface area contributed by atoms with Gasteiger partial charge in [-0.15, -0.1) is 11.3 Å². The van der Waals surface area contributed by atoms with Crippen LogP contribution in [0.25, 0.3) is 0 Å². The molecule has 12 heteroatoms. The Bertz CT molecular complexity index is 1250. The number of nitrogens with one attached hydrogen (secondary N) is 1. The number of nitrogens with zero attached hydrogens (tertiary/aromatic N) is 2. The van der Waals surface area contributed by atoms with Crippen molar-refractivity contribution in [2.24, 2.45) is 0 Å². The molecule has 2 aromatic carbocycles. The molecule has 0 unspecified atom stereocenters. The van der Waals surface area contributed by atoms with Crippen molar-refractivity contribution in [2.75, 3.05) is 5.32 Å². The molecule has 0 aliphatic rings. The van der Waals surface area contributed by atoms with Crippen LogP contribution < -0.4 is 9.50 Å². The zero-order valence-corrected chi connectivity index (χ0v) is 17.0. The molecule has 0 saturated heterocycles. The van der Waals surface area contributed by atoms with Crippen molar-refractivity contribution in [1.29, 1.82) is 5.26 Å². The molecule has 0 radical (unpaired) electrons. The Morgan fingerprint density at radius 2 is 2.00 bits per heavy atom. The summed E-state index contributed by atoms with van der Waals surface area (Å²) in [5.74, 6) is -1.89. The maximum atomic E-state index is 13.3. The van der Waals surface area contributed by atoms with Crippen molar-refractivity contribution < 1.29 is 30.6 Å². The summed E-state index contributed by atoms with van der Waals surface area (Å²) in [6, 6.07) is 9.33. The third-order valence-electron chi connectivity index (χ3n) is 3.85. The van der Waals surface area contributed by atoms with E-state index in [4.69, 9.17) is 9.44 Å². The van der Waals surface area contributed by atoms with Crippen LogP contribution in [0.3, 0.4) is 0 Å². The number of aromatic nitrogens is 1. The number of carbonyl (C=O) groups excluding carboxylic acids is 1. The second-order valence-electron chi connectivity index (χ2n) is 6.09. The zero-order valence-electron chi connectivity index (χ0n) is 15.4. The van der Waals surface area contributed by atoms with Gasteiger partial charge in [-0.05, 0) is 35.9 Å². The summed E-state index contributed by atoms with van der Waals surface area (Å²) in [6.45, 7) is 0. The number of hydrogen-bond acceptors (Lipinski definition) is 7. The van der Waals surface area contributed by atoms with Gasteiger partial charge in [-0.25, -0.2) is 4.98 Å². The van der Waals surface area contributed by atoms with Crippen molar-refractivity contribution in [3.63, 3.8) is 0 Å². The largest absolute Gasteiger partial charge is 0.416 e. The van der Waals surface area contributed by atoms with Crippen LogP contribution in [0.5, 0.6) is 5.75 Å². The van der Waals surface area contributed by atoms with E-state index in [9.17, 15) is 26.4 Å². The first-order valence-electron chi connectivity index (χ1n) is 8.41. The van der Waals surface area contributed by atoms with Crippen LogP contribution in [0.4, 0.5) is 18.3 Å². The van der Waals surface area contributed by atoms with Gasteiger partial charge in [-0.3, -0.25) is 10.1 Å². The second kappa shape index (κ2) is 8.75. The highest BCUT2D eigenvalue weighted by Gasteiger charge is 2.35. The normalized spacial score (nSPS) is 11.5. The molecule has 160 valence electrons. The number of thiazole rings is 1. The Kier molecular flexibility index (Phi) is 6.28. The highest BCUT2D eigenvalue weighted by molar-refractivity contribution is 7.86. The van der Waals surface area contributed by atoms with E-state index in [1.165, 1.54) is 35.7 Å². The Hall–Kier alpha value is -3.43. The summed E-state index contributed by atoms with van der Waals surface area (Å²) in [5, 5.41) is 13.3. The molecule has 1 amide bonds. The molecule has 1 N–H and O–H groups in total. The smallest absolute Gasteiger partial charge is 0.382 e. The molecule has 3 aromatic rings. The number of alkyl halides is 3. The van der Waals surface area contributed by atoms with Crippen LogP contribution >= 0.6 is 11.3 Å². The van der Waals surface area contributed by atoms with Gasteiger partial charge in [0.05, 0.1) is 17.2 Å². The molecule has 0 aliphatic heterocycles. The van der Waals surface area contributed by atoms with Gasteiger partial charge in [0.15, 0.2) is 5.13 Å². The summed E-state index contributed by atoms with van der Waals surface area (Å²) in [6.07, 6.45) is -3.36. The quantitative estimate of drug-likeness (QED) is 0.545. The summed E-state index contributed by atoms with van der Waals surface area (Å²) < 4.78 is 69.5. The van der Waals surface area contributed by atoms with Crippen molar-refractivity contribution in [1.82, 2.24) is 4.98 Å². The third kappa shape index (κ3) is 5.80. The molecule has 0 bridgehead atoms. The molecule has 0 spiro atoms. The monoisotopic (exact) mass is 467 g/mol. The van der Waals surface area contributed by atoms with E-state index >= 15 is 0 Å². The summed E-state index contributed by atoms with van der Waals surface area (Å²) in [4.78, 5) is 16.1. The van der Waals surface area contributed by atoms with Crippen LogP contribution in [0.1, 0.15) is 27.0 Å². The number of rotatable bonds is 6. The molecule has 3 rings (SSSR count). The van der Waals surface area contributed by atoms with Gasteiger partial charge in [0.25, 0.3) is 5.91 Å². The van der Waals surface area contributed by atoms with Crippen LogP contribution in [-0.4, -0.2) is 19.3 Å². The lowest BCUT2D eigenvalue weighted by atomic mass is 10.1. The highest BCUT2D eigenvalue weighted by atomic mass is 32.2. The predicted octanol–water partition coefficient (Wildman–Crippen LogP) is 4.19. The van der Waals surface area contributed by atoms with E-state index in [1.807, 2.05) is 0 Å². The lowest BCUT2D eigenvalue weighted by molar-refractivity contribution is -0.138. The van der Waals surface area contributed by atoms with Crippen molar-refractivity contribution in [2.45, 2.75) is 11.9 Å². The third-order valence-corrected chi connectivity index (χ3v) is 5.65. The average molecular weight is 467 g/mol. The van der Waals surface area contributed by atoms with Crippen molar-refractivity contribution >= 4 is 32.5 Å². The number of carbonyl (C=O) groups is 1. The lowest BCUT2D eigenvalue weighted by Gasteiger charge is -2.14. The molecule has 1 heterocycles. The van der Waals surface area contributed by atoms with Gasteiger partial charge < -0.3 is 4.18 Å². The van der Waals surface area contributed by atoms with Gasteiger partial charge in [0.2, 0.25) is 0 Å². The molecule has 31 heavy (non-hydrogen) atoms. The minimum atomic E-state index is -4.86. The summed E-state index contributed by atoms with van der Waals surface area (Å²) in [7, 11) is -4.51. The van der Waals surface area contributed by atoms with Crippen LogP contribution in [0, 0.1) is 11.3 Å². The topological polar surface area (TPSA) is 109 Å². The predicted molar refractivity (Wildman–Crippen MR) is 106 cm³/mol. The van der Waals surface area contributed by atoms with Gasteiger partial charge >= 0.3 is 16.3 Å². The maximum Gasteiger partial charge on any atom is 0.416 e. The van der Waals surface area contributed by atoms with Crippen molar-refractivity contribution in [3.05, 3.63) is 76.3 Å². The van der Waals surface area contributed by atoms with E-state index in [-0.39, 0.29) is 16.9 Å². The summed E-state index contributed by atoms with van der Waals surface area (Å²) >= 11 is 1.19. The Labute approximate surface area is 178 Å². The van der Waals surface area contributed by atoms with Crippen LogP contribution in [-0.2, 0) is 22.0 Å². The molecule has 0 atom stereocenters. The number of halogens is 3. The van der Waals surface area contributed by atoms with Gasteiger partial charge in [-0.1, -0.05) is 12.1 Å². The maximum absolute atomic E-state index is 13.3. The number of amides is 1. The fourth-order valence-electron chi connectivity index (χ4n) is 2.55. The van der Waals surface area contributed by atoms with E-state index in [1.54, 1.807) is 11.4 Å². The first-order valence-corrected chi connectivity index (χ1v) is 10.9. The Morgan fingerprint density at radius 3 is 2.65 bits per heavy atom. The SMILES string of the molecule is N#Cc1ccc(CS(=O)(=O)Oc2cccc(C(=O)Nc3nccs3)c2)c(C(F)(F)F)c1. The van der Waals surface area contributed by atoms with E-state index in [0.717, 1.165) is 18.2 Å². The number of nitriles is 1. The molecule has 7 nitrogen and oxygen atoms in total. The standard InChI is InChI=1S/C19H12F3N3O4S2/c20-19(21,22)16-8-12(10-23)4-5-14(16)11-31(27,28)29-15-3-1-2-13(9-15)17(26)25-18-24-6-7-30-18/h1-9H,11H2,(H,24,25,26). The van der Waals surface area contributed by atoms with Gasteiger partial charge in [0.1, 0.15) is 11.5 Å². The molecular weight excluding hydrogens is 455 g/mol. The van der Waals surface area contributed by atoms with Gasteiger partial charge in [-0.2, -0.15) is 26.9 Å². The molecule has 1 aromatic heterocycles. The zero-order chi connectivity index (χ0) is 22.6. The second-order valence-corrected chi connectivity index (χ2v) is 8.55. The summed E-state index contributed by atoms with van der Waals surface area (Å²) in [5.41, 5.74) is -2.00. The van der Waals surface area contributed by atoms with Crippen LogP contribution in [0.15, 0.2) is 54.0 Å². The minimum Gasteiger partial charge on any atom is -0.382 e. The van der Waals surface area contributed by atoms with Gasteiger partial charge in [0, 0.05) is 17.1 Å². The molecule has 0 aliphatic carbocycles. The molecular formula is C19H12F3N3O4S2. The first kappa shape index (κ1) is 22.3. The van der Waals surface area contributed by atoms with Crippen molar-refractivity contribution in [3.8, 4) is 11.8 Å².